The topological polar surface area (TPSA) is 15.3 Å². The third kappa shape index (κ3) is 3.54. The summed E-state index contributed by atoms with van der Waals surface area (Å²) in [6.45, 7) is 12.7. The lowest BCUT2D eigenvalue weighted by molar-refractivity contribution is 0.339. The molecule has 0 bridgehead atoms. The third-order valence-corrected chi connectivity index (χ3v) is 4.72. The van der Waals surface area contributed by atoms with Gasteiger partial charge in [0.05, 0.1) is 0 Å². The highest BCUT2D eigenvalue weighted by Gasteiger charge is 2.20. The SMILES string of the molecule is CCN1CCC(CNCc2cc(C)sc2C)C1. The first kappa shape index (κ1) is 13.1. The molecule has 0 saturated carbocycles. The Bertz CT molecular complexity index is 359. The van der Waals surface area contributed by atoms with E-state index in [-0.39, 0.29) is 0 Å². The molecule has 1 atom stereocenters. The predicted octanol–water partition coefficient (Wildman–Crippen LogP) is 2.80. The van der Waals surface area contributed by atoms with Crippen LogP contribution in [0.25, 0.3) is 0 Å². The summed E-state index contributed by atoms with van der Waals surface area (Å²) in [4.78, 5) is 5.45. The monoisotopic (exact) mass is 252 g/mol. The van der Waals surface area contributed by atoms with Crippen molar-refractivity contribution in [2.45, 2.75) is 33.7 Å². The minimum atomic E-state index is 0.856. The van der Waals surface area contributed by atoms with Crippen LogP contribution in [0.1, 0.15) is 28.7 Å². The number of likely N-dealkylation sites (tertiary alicyclic amines) is 1. The van der Waals surface area contributed by atoms with Crippen molar-refractivity contribution >= 4 is 11.3 Å². The summed E-state index contributed by atoms with van der Waals surface area (Å²) >= 11 is 1.91. The fraction of sp³-hybridized carbons (Fsp3) is 0.714. The first-order valence-corrected chi connectivity index (χ1v) is 7.49. The van der Waals surface area contributed by atoms with Crippen LogP contribution in [0.2, 0.25) is 0 Å². The Morgan fingerprint density at radius 3 is 2.88 bits per heavy atom. The summed E-state index contributed by atoms with van der Waals surface area (Å²) in [5, 5.41) is 3.62. The molecule has 0 amide bonds. The molecule has 17 heavy (non-hydrogen) atoms. The zero-order valence-electron chi connectivity index (χ0n) is 11.3. The number of hydrogen-bond acceptors (Lipinski definition) is 3. The van der Waals surface area contributed by atoms with Crippen LogP contribution < -0.4 is 5.32 Å². The molecule has 1 aliphatic heterocycles. The van der Waals surface area contributed by atoms with Gasteiger partial charge in [0.2, 0.25) is 0 Å². The maximum atomic E-state index is 3.62. The largest absolute Gasteiger partial charge is 0.312 e. The van der Waals surface area contributed by atoms with Crippen LogP contribution in [0.3, 0.4) is 0 Å². The van der Waals surface area contributed by atoms with Crippen LogP contribution in [0, 0.1) is 19.8 Å². The molecule has 0 spiro atoms. The summed E-state index contributed by atoms with van der Waals surface area (Å²) in [7, 11) is 0. The highest BCUT2D eigenvalue weighted by atomic mass is 32.1. The van der Waals surface area contributed by atoms with Crippen molar-refractivity contribution in [3.63, 3.8) is 0 Å². The van der Waals surface area contributed by atoms with E-state index in [0.29, 0.717) is 0 Å². The van der Waals surface area contributed by atoms with Gasteiger partial charge in [-0.2, -0.15) is 0 Å². The highest BCUT2D eigenvalue weighted by molar-refractivity contribution is 7.12. The molecule has 1 N–H and O–H groups in total. The van der Waals surface area contributed by atoms with Crippen molar-refractivity contribution in [3.8, 4) is 0 Å². The minimum Gasteiger partial charge on any atom is -0.312 e. The van der Waals surface area contributed by atoms with Gasteiger partial charge in [-0.15, -0.1) is 11.3 Å². The molecule has 2 rings (SSSR count). The molecule has 3 heteroatoms. The molecular weight excluding hydrogens is 228 g/mol. The lowest BCUT2D eigenvalue weighted by atomic mass is 10.1. The van der Waals surface area contributed by atoms with E-state index in [4.69, 9.17) is 0 Å². The summed E-state index contributed by atoms with van der Waals surface area (Å²) in [6.07, 6.45) is 1.36. The second kappa shape index (κ2) is 5.98. The van der Waals surface area contributed by atoms with Crippen molar-refractivity contribution in [1.29, 1.82) is 0 Å². The van der Waals surface area contributed by atoms with Gasteiger partial charge in [0.15, 0.2) is 0 Å². The normalized spacial score (nSPS) is 21.2. The average Bonchev–Trinajstić information content (AvgIpc) is 2.86. The number of hydrogen-bond donors (Lipinski definition) is 1. The van der Waals surface area contributed by atoms with Crippen molar-refractivity contribution in [1.82, 2.24) is 10.2 Å². The van der Waals surface area contributed by atoms with E-state index in [0.717, 1.165) is 12.5 Å². The summed E-state index contributed by atoms with van der Waals surface area (Å²) < 4.78 is 0. The molecule has 1 aliphatic rings. The van der Waals surface area contributed by atoms with Crippen LogP contribution in [0.5, 0.6) is 0 Å². The van der Waals surface area contributed by atoms with E-state index in [1.54, 1.807) is 0 Å². The zero-order valence-corrected chi connectivity index (χ0v) is 12.1. The summed E-state index contributed by atoms with van der Waals surface area (Å²) in [5.41, 5.74) is 1.48. The van der Waals surface area contributed by atoms with Gasteiger partial charge in [0.25, 0.3) is 0 Å². The molecule has 96 valence electrons. The lowest BCUT2D eigenvalue weighted by Gasteiger charge is -2.13. The minimum absolute atomic E-state index is 0.856. The molecular formula is C14H24N2S. The standard InChI is InChI=1S/C14H24N2S/c1-4-16-6-5-13(10-16)8-15-9-14-7-11(2)17-12(14)3/h7,13,15H,4-6,8-10H2,1-3H3. The molecule has 1 fully saturated rings. The first-order chi connectivity index (χ1) is 8.19. The van der Waals surface area contributed by atoms with Gasteiger partial charge < -0.3 is 10.2 Å². The van der Waals surface area contributed by atoms with E-state index in [1.807, 2.05) is 11.3 Å². The van der Waals surface area contributed by atoms with E-state index < -0.39 is 0 Å². The van der Waals surface area contributed by atoms with Crippen LogP contribution in [0.15, 0.2) is 6.07 Å². The summed E-state index contributed by atoms with van der Waals surface area (Å²) in [5.74, 6) is 0.856. The van der Waals surface area contributed by atoms with Crippen molar-refractivity contribution < 1.29 is 0 Å². The number of rotatable bonds is 5. The highest BCUT2D eigenvalue weighted by Crippen LogP contribution is 2.20. The smallest absolute Gasteiger partial charge is 0.0216 e. The Morgan fingerprint density at radius 1 is 1.47 bits per heavy atom. The predicted molar refractivity (Wildman–Crippen MR) is 75.7 cm³/mol. The number of nitrogens with zero attached hydrogens (tertiary/aromatic N) is 1. The second-order valence-electron chi connectivity index (χ2n) is 5.12. The molecule has 1 aromatic heterocycles. The lowest BCUT2D eigenvalue weighted by Crippen LogP contribution is -2.26. The molecule has 1 unspecified atom stereocenters. The van der Waals surface area contributed by atoms with E-state index >= 15 is 0 Å². The van der Waals surface area contributed by atoms with E-state index in [9.17, 15) is 0 Å². The van der Waals surface area contributed by atoms with Crippen molar-refractivity contribution in [2.24, 2.45) is 5.92 Å². The number of thiophene rings is 1. The van der Waals surface area contributed by atoms with E-state index in [1.165, 1.54) is 47.9 Å². The van der Waals surface area contributed by atoms with Crippen LogP contribution in [-0.2, 0) is 6.54 Å². The summed E-state index contributed by atoms with van der Waals surface area (Å²) in [6, 6.07) is 2.32. The fourth-order valence-electron chi connectivity index (χ4n) is 2.64. The molecule has 1 aromatic rings. The Kier molecular flexibility index (Phi) is 4.60. The van der Waals surface area contributed by atoms with Gasteiger partial charge in [-0.1, -0.05) is 6.92 Å². The second-order valence-corrected chi connectivity index (χ2v) is 6.58. The van der Waals surface area contributed by atoms with Gasteiger partial charge in [-0.3, -0.25) is 0 Å². The molecule has 2 nitrogen and oxygen atoms in total. The van der Waals surface area contributed by atoms with Gasteiger partial charge in [0.1, 0.15) is 0 Å². The fourth-order valence-corrected chi connectivity index (χ4v) is 3.58. The molecule has 2 heterocycles. The Labute approximate surface area is 109 Å². The Morgan fingerprint density at radius 2 is 2.29 bits per heavy atom. The maximum Gasteiger partial charge on any atom is 0.0216 e. The van der Waals surface area contributed by atoms with Gasteiger partial charge in [-0.05, 0) is 57.5 Å². The number of aryl methyl sites for hydroxylation is 2. The quantitative estimate of drug-likeness (QED) is 0.867. The van der Waals surface area contributed by atoms with Crippen LogP contribution in [-0.4, -0.2) is 31.1 Å². The molecule has 0 radical (unpaired) electrons. The van der Waals surface area contributed by atoms with Crippen molar-refractivity contribution in [2.75, 3.05) is 26.2 Å². The molecule has 0 aliphatic carbocycles. The van der Waals surface area contributed by atoms with Crippen molar-refractivity contribution in [3.05, 3.63) is 21.4 Å². The van der Waals surface area contributed by atoms with Gasteiger partial charge in [0, 0.05) is 22.8 Å². The van der Waals surface area contributed by atoms with Crippen LogP contribution >= 0.6 is 11.3 Å². The van der Waals surface area contributed by atoms with Gasteiger partial charge in [-0.25, -0.2) is 0 Å². The molecule has 0 aromatic carbocycles. The zero-order chi connectivity index (χ0) is 12.3. The third-order valence-electron chi connectivity index (χ3n) is 3.71. The van der Waals surface area contributed by atoms with Crippen LogP contribution in [0.4, 0.5) is 0 Å². The first-order valence-electron chi connectivity index (χ1n) is 6.68. The molecule has 1 saturated heterocycles. The van der Waals surface area contributed by atoms with Gasteiger partial charge >= 0.3 is 0 Å². The maximum absolute atomic E-state index is 3.62. The average molecular weight is 252 g/mol. The number of nitrogens with one attached hydrogen (secondary N) is 1. The Hall–Kier alpha value is -0.380. The van der Waals surface area contributed by atoms with E-state index in [2.05, 4.69) is 37.1 Å². The Balaban J connectivity index is 1.71.